The van der Waals surface area contributed by atoms with Gasteiger partial charge in [0.05, 0.1) is 6.26 Å². The Morgan fingerprint density at radius 2 is 2.38 bits per heavy atom. The fourth-order valence-corrected chi connectivity index (χ4v) is 0.494. The Morgan fingerprint density at radius 1 is 1.50 bits per heavy atom. The summed E-state index contributed by atoms with van der Waals surface area (Å²) in [6.07, 6.45) is 7.39. The van der Waals surface area contributed by atoms with Gasteiger partial charge in [0, 0.05) is 12.4 Å². The summed E-state index contributed by atoms with van der Waals surface area (Å²) in [5.41, 5.74) is 0. The standard InChI is InChI=1S/C6H9NO/c1-6-2-3-7-4-5-8-6/h2-7H,1H3. The quantitative estimate of drug-likeness (QED) is 0.503. The zero-order valence-electron chi connectivity index (χ0n) is 4.79. The molecule has 0 bridgehead atoms. The van der Waals surface area contributed by atoms with Crippen LogP contribution < -0.4 is 5.32 Å². The lowest BCUT2D eigenvalue weighted by molar-refractivity contribution is 0.205. The fraction of sp³-hybridized carbons (Fsp3) is 0.333. The molecule has 0 saturated heterocycles. The van der Waals surface area contributed by atoms with Gasteiger partial charge in [-0.2, -0.15) is 0 Å². The average molecular weight is 111 g/mol. The average Bonchev–Trinajstić information content (AvgIpc) is 1.94. The van der Waals surface area contributed by atoms with E-state index in [-0.39, 0.29) is 6.10 Å². The lowest BCUT2D eigenvalue weighted by atomic mass is 10.4. The second-order valence-electron chi connectivity index (χ2n) is 1.67. The minimum absolute atomic E-state index is 0.196. The second-order valence-corrected chi connectivity index (χ2v) is 1.67. The molecule has 1 unspecified atom stereocenters. The van der Waals surface area contributed by atoms with Crippen LogP contribution in [0.15, 0.2) is 24.7 Å². The van der Waals surface area contributed by atoms with Crippen LogP contribution in [0.4, 0.5) is 0 Å². The fourth-order valence-electron chi connectivity index (χ4n) is 0.494. The molecule has 1 aliphatic heterocycles. The normalized spacial score (nSPS) is 25.9. The van der Waals surface area contributed by atoms with Gasteiger partial charge in [-0.25, -0.2) is 0 Å². The molecular weight excluding hydrogens is 102 g/mol. The number of hydrogen-bond donors (Lipinski definition) is 1. The minimum Gasteiger partial charge on any atom is -0.493 e. The largest absolute Gasteiger partial charge is 0.493 e. The van der Waals surface area contributed by atoms with Crippen molar-refractivity contribution in [2.75, 3.05) is 0 Å². The van der Waals surface area contributed by atoms with Crippen LogP contribution in [0, 0.1) is 0 Å². The molecule has 1 atom stereocenters. The van der Waals surface area contributed by atoms with Crippen LogP contribution >= 0.6 is 0 Å². The van der Waals surface area contributed by atoms with E-state index in [1.807, 2.05) is 19.2 Å². The first-order chi connectivity index (χ1) is 3.89. The van der Waals surface area contributed by atoms with Gasteiger partial charge in [-0.15, -0.1) is 0 Å². The van der Waals surface area contributed by atoms with Crippen molar-refractivity contribution in [2.24, 2.45) is 0 Å². The molecule has 1 N–H and O–H groups in total. The van der Waals surface area contributed by atoms with E-state index in [4.69, 9.17) is 4.74 Å². The van der Waals surface area contributed by atoms with E-state index in [9.17, 15) is 0 Å². The van der Waals surface area contributed by atoms with Gasteiger partial charge in [-0.3, -0.25) is 0 Å². The number of hydrogen-bond acceptors (Lipinski definition) is 2. The highest BCUT2D eigenvalue weighted by Gasteiger charge is 1.92. The Labute approximate surface area is 48.8 Å². The molecule has 2 nitrogen and oxygen atoms in total. The van der Waals surface area contributed by atoms with E-state index in [0.717, 1.165) is 0 Å². The van der Waals surface area contributed by atoms with Crippen molar-refractivity contribution in [3.63, 3.8) is 0 Å². The second kappa shape index (κ2) is 2.40. The third-order valence-electron chi connectivity index (χ3n) is 0.921. The number of ether oxygens (including phenoxy) is 1. The van der Waals surface area contributed by atoms with Gasteiger partial charge in [-0.05, 0) is 13.0 Å². The highest BCUT2D eigenvalue weighted by Crippen LogP contribution is 1.94. The van der Waals surface area contributed by atoms with Gasteiger partial charge in [0.15, 0.2) is 0 Å². The topological polar surface area (TPSA) is 21.3 Å². The molecule has 0 aliphatic carbocycles. The number of nitrogens with one attached hydrogen (secondary N) is 1. The van der Waals surface area contributed by atoms with Crippen LogP contribution in [0.1, 0.15) is 6.92 Å². The van der Waals surface area contributed by atoms with Crippen LogP contribution in [0.5, 0.6) is 0 Å². The summed E-state index contributed by atoms with van der Waals surface area (Å²) >= 11 is 0. The molecule has 1 aliphatic rings. The summed E-state index contributed by atoms with van der Waals surface area (Å²) in [6, 6.07) is 0. The van der Waals surface area contributed by atoms with Crippen LogP contribution in [-0.4, -0.2) is 6.10 Å². The third-order valence-corrected chi connectivity index (χ3v) is 0.921. The smallest absolute Gasteiger partial charge is 0.115 e. The van der Waals surface area contributed by atoms with E-state index < -0.39 is 0 Å². The Morgan fingerprint density at radius 3 is 3.25 bits per heavy atom. The van der Waals surface area contributed by atoms with Crippen molar-refractivity contribution < 1.29 is 4.74 Å². The molecule has 0 radical (unpaired) electrons. The monoisotopic (exact) mass is 111 g/mol. The molecule has 1 heterocycles. The van der Waals surface area contributed by atoms with E-state index >= 15 is 0 Å². The van der Waals surface area contributed by atoms with Gasteiger partial charge < -0.3 is 10.1 Å². The molecule has 0 aromatic carbocycles. The molecule has 0 spiro atoms. The predicted octanol–water partition coefficient (Wildman–Crippen LogP) is 0.980. The van der Waals surface area contributed by atoms with Gasteiger partial charge >= 0.3 is 0 Å². The van der Waals surface area contributed by atoms with Crippen molar-refractivity contribution in [3.05, 3.63) is 24.7 Å². The lowest BCUT2D eigenvalue weighted by Crippen LogP contribution is -1.96. The third kappa shape index (κ3) is 1.30. The van der Waals surface area contributed by atoms with E-state index in [2.05, 4.69) is 5.32 Å². The minimum atomic E-state index is 0.196. The van der Waals surface area contributed by atoms with E-state index in [1.54, 1.807) is 12.5 Å². The van der Waals surface area contributed by atoms with Crippen LogP contribution in [0.3, 0.4) is 0 Å². The predicted molar refractivity (Wildman–Crippen MR) is 32.0 cm³/mol. The van der Waals surface area contributed by atoms with Gasteiger partial charge in [-0.1, -0.05) is 0 Å². The summed E-state index contributed by atoms with van der Waals surface area (Å²) in [4.78, 5) is 0. The van der Waals surface area contributed by atoms with E-state index in [1.165, 1.54) is 0 Å². The zero-order chi connectivity index (χ0) is 5.82. The molecule has 0 fully saturated rings. The van der Waals surface area contributed by atoms with Crippen LogP contribution in [0.2, 0.25) is 0 Å². The summed E-state index contributed by atoms with van der Waals surface area (Å²) in [7, 11) is 0. The molecule has 2 heteroatoms. The maximum absolute atomic E-state index is 5.07. The summed E-state index contributed by atoms with van der Waals surface area (Å²) in [5, 5.41) is 2.89. The molecule has 8 heavy (non-hydrogen) atoms. The highest BCUT2D eigenvalue weighted by atomic mass is 16.5. The maximum atomic E-state index is 5.07. The van der Waals surface area contributed by atoms with Crippen molar-refractivity contribution in [1.29, 1.82) is 0 Å². The summed E-state index contributed by atoms with van der Waals surface area (Å²) in [6.45, 7) is 1.98. The van der Waals surface area contributed by atoms with Crippen LogP contribution in [-0.2, 0) is 4.74 Å². The van der Waals surface area contributed by atoms with Gasteiger partial charge in [0.1, 0.15) is 6.10 Å². The lowest BCUT2D eigenvalue weighted by Gasteiger charge is -2.00. The molecule has 1 rings (SSSR count). The SMILES string of the molecule is CC1C=CNC=CO1. The summed E-state index contributed by atoms with van der Waals surface area (Å²) in [5.74, 6) is 0. The van der Waals surface area contributed by atoms with Crippen LogP contribution in [0.25, 0.3) is 0 Å². The first-order valence-electron chi connectivity index (χ1n) is 2.63. The zero-order valence-corrected chi connectivity index (χ0v) is 4.79. The Hall–Kier alpha value is -0.920. The molecule has 44 valence electrons. The van der Waals surface area contributed by atoms with Crippen molar-refractivity contribution in [2.45, 2.75) is 13.0 Å². The van der Waals surface area contributed by atoms with Gasteiger partial charge in [0.2, 0.25) is 0 Å². The first-order valence-corrected chi connectivity index (χ1v) is 2.63. The highest BCUT2D eigenvalue weighted by molar-refractivity contribution is 4.93. The molecular formula is C6H9NO. The van der Waals surface area contributed by atoms with E-state index in [0.29, 0.717) is 0 Å². The Bertz CT molecular complexity index is 118. The van der Waals surface area contributed by atoms with Gasteiger partial charge in [0.25, 0.3) is 0 Å². The Balaban J connectivity index is 2.48. The molecule has 0 aromatic heterocycles. The maximum Gasteiger partial charge on any atom is 0.115 e. The van der Waals surface area contributed by atoms with Crippen molar-refractivity contribution in [1.82, 2.24) is 5.32 Å². The molecule has 0 saturated carbocycles. The first kappa shape index (κ1) is 5.22. The summed E-state index contributed by atoms with van der Waals surface area (Å²) < 4.78 is 5.07. The molecule has 0 aromatic rings. The van der Waals surface area contributed by atoms with Crippen molar-refractivity contribution in [3.8, 4) is 0 Å². The Kier molecular flexibility index (Phi) is 1.57. The number of rotatable bonds is 0. The van der Waals surface area contributed by atoms with Crippen molar-refractivity contribution >= 4 is 0 Å². The molecule has 0 amide bonds.